The Labute approximate surface area is 96.1 Å². The monoisotopic (exact) mass is 250 g/mol. The van der Waals surface area contributed by atoms with E-state index in [-0.39, 0.29) is 5.91 Å². The van der Waals surface area contributed by atoms with Crippen molar-refractivity contribution in [2.45, 2.75) is 13.3 Å². The Bertz CT molecular complexity index is 351. The second-order valence-corrected chi connectivity index (χ2v) is 5.10. The third kappa shape index (κ3) is 8.39. The van der Waals surface area contributed by atoms with E-state index in [1.807, 2.05) is 0 Å². The van der Waals surface area contributed by atoms with E-state index in [1.165, 1.54) is 4.90 Å². The summed E-state index contributed by atoms with van der Waals surface area (Å²) in [6.07, 6.45) is 0.602. The van der Waals surface area contributed by atoms with Gasteiger partial charge in [-0.25, -0.2) is 0 Å². The van der Waals surface area contributed by atoms with Crippen molar-refractivity contribution in [2.24, 2.45) is 0 Å². The second kappa shape index (κ2) is 6.62. The fourth-order valence-corrected chi connectivity index (χ4v) is 1.73. The largest absolute Gasteiger partial charge is 0.352 e. The maximum Gasteiger partial charge on any atom is 0.278 e. The first-order valence-corrected chi connectivity index (χ1v) is 6.40. The van der Waals surface area contributed by atoms with Crippen molar-refractivity contribution in [1.29, 1.82) is 0 Å². The molecule has 0 aromatic heterocycles. The van der Waals surface area contributed by atoms with E-state index < -0.39 is 16.0 Å². The average Bonchev–Trinajstić information content (AvgIpc) is 2.08. The highest BCUT2D eigenvalue weighted by Gasteiger charge is 2.09. The van der Waals surface area contributed by atoms with Gasteiger partial charge in [-0.15, -0.1) is 0 Å². The molecule has 7 heteroatoms. The minimum absolute atomic E-state index is 0.211. The van der Waals surface area contributed by atoms with E-state index in [1.54, 1.807) is 14.0 Å². The van der Waals surface area contributed by atoms with Crippen molar-refractivity contribution in [3.05, 3.63) is 12.2 Å². The number of hydrogen-bond acceptors (Lipinski definition) is 4. The lowest BCUT2D eigenvalue weighted by Gasteiger charge is -2.14. The molecule has 0 bridgehead atoms. The molecule has 1 amide bonds. The SMILES string of the molecule is C=C(C)C(=O)NCCCN(C)CS(=O)(=O)O. The third-order valence-electron chi connectivity index (χ3n) is 1.77. The van der Waals surface area contributed by atoms with Gasteiger partial charge in [-0.2, -0.15) is 8.42 Å². The first kappa shape index (κ1) is 15.1. The molecular formula is C9H18N2O4S. The van der Waals surface area contributed by atoms with E-state index in [4.69, 9.17) is 4.55 Å². The lowest BCUT2D eigenvalue weighted by atomic mass is 10.3. The van der Waals surface area contributed by atoms with Crippen molar-refractivity contribution in [3.8, 4) is 0 Å². The zero-order valence-electron chi connectivity index (χ0n) is 9.56. The van der Waals surface area contributed by atoms with Gasteiger partial charge in [0.05, 0.1) is 0 Å². The number of rotatable bonds is 7. The van der Waals surface area contributed by atoms with Gasteiger partial charge in [0, 0.05) is 18.7 Å². The van der Waals surface area contributed by atoms with Gasteiger partial charge in [-0.1, -0.05) is 6.58 Å². The summed E-state index contributed by atoms with van der Waals surface area (Å²) in [6.45, 7) is 6.01. The Morgan fingerprint density at radius 3 is 2.50 bits per heavy atom. The van der Waals surface area contributed by atoms with Crippen LogP contribution in [0.15, 0.2) is 12.2 Å². The molecule has 0 saturated carbocycles. The molecule has 0 aliphatic heterocycles. The summed E-state index contributed by atoms with van der Waals surface area (Å²) in [7, 11) is -2.39. The lowest BCUT2D eigenvalue weighted by molar-refractivity contribution is -0.117. The van der Waals surface area contributed by atoms with Gasteiger partial charge in [0.15, 0.2) is 0 Å². The Balaban J connectivity index is 3.67. The Morgan fingerprint density at radius 1 is 1.50 bits per heavy atom. The van der Waals surface area contributed by atoms with Crippen molar-refractivity contribution < 1.29 is 17.8 Å². The van der Waals surface area contributed by atoms with Gasteiger partial charge >= 0.3 is 0 Å². The van der Waals surface area contributed by atoms with Crippen LogP contribution in [0.1, 0.15) is 13.3 Å². The Kier molecular flexibility index (Phi) is 6.24. The summed E-state index contributed by atoms with van der Waals surface area (Å²) in [4.78, 5) is 12.5. The van der Waals surface area contributed by atoms with Crippen LogP contribution in [0.3, 0.4) is 0 Å². The third-order valence-corrected chi connectivity index (χ3v) is 2.54. The van der Waals surface area contributed by atoms with Crippen LogP contribution in [0.25, 0.3) is 0 Å². The molecule has 0 atom stereocenters. The van der Waals surface area contributed by atoms with Crippen molar-refractivity contribution in [1.82, 2.24) is 10.2 Å². The van der Waals surface area contributed by atoms with Gasteiger partial charge in [0.25, 0.3) is 10.1 Å². The highest BCUT2D eigenvalue weighted by Crippen LogP contribution is 1.92. The number of nitrogens with one attached hydrogen (secondary N) is 1. The topological polar surface area (TPSA) is 86.7 Å². The molecule has 0 radical (unpaired) electrons. The van der Waals surface area contributed by atoms with Crippen molar-refractivity contribution >= 4 is 16.0 Å². The molecule has 94 valence electrons. The van der Waals surface area contributed by atoms with Crippen LogP contribution in [0.5, 0.6) is 0 Å². The lowest BCUT2D eigenvalue weighted by Crippen LogP contribution is -2.30. The second-order valence-electron chi connectivity index (χ2n) is 3.68. The molecule has 0 unspecified atom stereocenters. The zero-order valence-corrected chi connectivity index (χ0v) is 10.4. The number of carbonyl (C=O) groups is 1. The molecule has 0 aliphatic carbocycles. The van der Waals surface area contributed by atoms with Gasteiger partial charge < -0.3 is 5.32 Å². The number of nitrogens with zero attached hydrogens (tertiary/aromatic N) is 1. The van der Waals surface area contributed by atoms with E-state index in [0.29, 0.717) is 25.1 Å². The normalized spacial score (nSPS) is 11.5. The molecule has 0 aromatic rings. The maximum absolute atomic E-state index is 11.1. The number of hydrogen-bond donors (Lipinski definition) is 2. The quantitative estimate of drug-likeness (QED) is 0.373. The van der Waals surface area contributed by atoms with Crippen LogP contribution >= 0.6 is 0 Å². The molecule has 0 saturated heterocycles. The minimum Gasteiger partial charge on any atom is -0.352 e. The van der Waals surface area contributed by atoms with Crippen LogP contribution in [0, 0.1) is 0 Å². The van der Waals surface area contributed by atoms with Crippen molar-refractivity contribution in [3.63, 3.8) is 0 Å². The summed E-state index contributed by atoms with van der Waals surface area (Å²) in [6, 6.07) is 0. The van der Waals surface area contributed by atoms with Crippen LogP contribution in [-0.4, -0.2) is 49.8 Å². The van der Waals surface area contributed by atoms with E-state index in [2.05, 4.69) is 11.9 Å². The average molecular weight is 250 g/mol. The predicted molar refractivity (Wildman–Crippen MR) is 61.5 cm³/mol. The zero-order chi connectivity index (χ0) is 12.8. The summed E-state index contributed by atoms with van der Waals surface area (Å²) in [5.74, 6) is -0.612. The summed E-state index contributed by atoms with van der Waals surface area (Å²) in [5.41, 5.74) is 0.436. The molecular weight excluding hydrogens is 232 g/mol. The smallest absolute Gasteiger partial charge is 0.278 e. The summed E-state index contributed by atoms with van der Waals surface area (Å²) in [5, 5.41) is 2.62. The fraction of sp³-hybridized carbons (Fsp3) is 0.667. The molecule has 16 heavy (non-hydrogen) atoms. The van der Waals surface area contributed by atoms with Crippen LogP contribution in [0.2, 0.25) is 0 Å². The fourth-order valence-electron chi connectivity index (χ4n) is 1.04. The van der Waals surface area contributed by atoms with E-state index >= 15 is 0 Å². The molecule has 0 heterocycles. The van der Waals surface area contributed by atoms with E-state index in [0.717, 1.165) is 0 Å². The van der Waals surface area contributed by atoms with Crippen LogP contribution < -0.4 is 5.32 Å². The summed E-state index contributed by atoms with van der Waals surface area (Å²) >= 11 is 0. The Morgan fingerprint density at radius 2 is 2.06 bits per heavy atom. The molecule has 0 fully saturated rings. The minimum atomic E-state index is -3.97. The van der Waals surface area contributed by atoms with Gasteiger partial charge in [-0.3, -0.25) is 14.2 Å². The maximum atomic E-state index is 11.1. The summed E-state index contributed by atoms with van der Waals surface area (Å²) < 4.78 is 29.6. The van der Waals surface area contributed by atoms with Gasteiger partial charge in [0.1, 0.15) is 5.88 Å². The van der Waals surface area contributed by atoms with E-state index in [9.17, 15) is 13.2 Å². The highest BCUT2D eigenvalue weighted by molar-refractivity contribution is 7.85. The number of carbonyl (C=O) groups excluding carboxylic acids is 1. The molecule has 0 aromatic carbocycles. The number of amides is 1. The first-order valence-electron chi connectivity index (χ1n) is 4.80. The van der Waals surface area contributed by atoms with Crippen LogP contribution in [0.4, 0.5) is 0 Å². The van der Waals surface area contributed by atoms with Gasteiger partial charge in [-0.05, 0) is 20.4 Å². The molecule has 2 N–H and O–H groups in total. The molecule has 6 nitrogen and oxygen atoms in total. The highest BCUT2D eigenvalue weighted by atomic mass is 32.2. The van der Waals surface area contributed by atoms with Crippen LogP contribution in [-0.2, 0) is 14.9 Å². The predicted octanol–water partition coefficient (Wildman–Crippen LogP) is -0.154. The first-order chi connectivity index (χ1) is 7.22. The van der Waals surface area contributed by atoms with Crippen molar-refractivity contribution in [2.75, 3.05) is 26.0 Å². The molecule has 0 spiro atoms. The molecule has 0 rings (SSSR count). The molecule has 0 aliphatic rings. The van der Waals surface area contributed by atoms with Gasteiger partial charge in [0.2, 0.25) is 5.91 Å². The Hall–Kier alpha value is -0.920. The standard InChI is InChI=1S/C9H18N2O4S/c1-8(2)9(12)10-5-4-6-11(3)7-16(13,14)15/h1,4-7H2,2-3H3,(H,10,12)(H,13,14,15).